The zero-order chi connectivity index (χ0) is 15.5. The second kappa shape index (κ2) is 9.73. The van der Waals surface area contributed by atoms with E-state index in [0.29, 0.717) is 38.5 Å². The van der Waals surface area contributed by atoms with E-state index in [0.717, 1.165) is 0 Å². The minimum atomic E-state index is -1.00. The highest BCUT2D eigenvalue weighted by molar-refractivity contribution is 5.91. The van der Waals surface area contributed by atoms with Crippen LogP contribution in [0.2, 0.25) is 0 Å². The molecule has 0 atom stereocenters. The van der Waals surface area contributed by atoms with E-state index in [1.54, 1.807) is 7.11 Å². The van der Waals surface area contributed by atoms with Crippen molar-refractivity contribution >= 4 is 17.7 Å². The van der Waals surface area contributed by atoms with E-state index < -0.39 is 5.97 Å². The molecule has 0 aromatic heterocycles. The minimum absolute atomic E-state index is 0.175. The molecule has 0 spiro atoms. The molecule has 0 aliphatic carbocycles. The Balaban J connectivity index is 2.17. The van der Waals surface area contributed by atoms with E-state index in [2.05, 4.69) is 10.6 Å². The molecule has 3 N–H and O–H groups in total. The lowest BCUT2D eigenvalue weighted by molar-refractivity contribution is 0.0696. The Morgan fingerprint density at radius 1 is 1.14 bits per heavy atom. The summed E-state index contributed by atoms with van der Waals surface area (Å²) in [6, 6.07) is 5.60. The third-order valence-electron chi connectivity index (χ3n) is 2.57. The molecule has 7 heteroatoms. The standard InChI is InChI=1S/C14H20N2O5/c1-20-9-10-21-8-2-7-15-14(19)16-12-5-3-11(4-6-12)13(17)18/h3-6H,2,7-10H2,1H3,(H,17,18)(H2,15,16,19). The third kappa shape index (κ3) is 7.28. The van der Waals surface area contributed by atoms with Crippen LogP contribution in [-0.2, 0) is 9.47 Å². The van der Waals surface area contributed by atoms with Crippen molar-refractivity contribution < 1.29 is 24.2 Å². The number of carbonyl (C=O) groups is 2. The first kappa shape index (κ1) is 16.9. The highest BCUT2D eigenvalue weighted by Crippen LogP contribution is 2.09. The molecule has 0 fully saturated rings. The molecule has 21 heavy (non-hydrogen) atoms. The quantitative estimate of drug-likeness (QED) is 0.601. The Morgan fingerprint density at radius 3 is 2.48 bits per heavy atom. The van der Waals surface area contributed by atoms with Gasteiger partial charge in [0.25, 0.3) is 0 Å². The van der Waals surface area contributed by atoms with Crippen molar-refractivity contribution in [2.24, 2.45) is 0 Å². The summed E-state index contributed by atoms with van der Waals surface area (Å²) in [5.41, 5.74) is 0.711. The Bertz CT molecular complexity index is 447. The van der Waals surface area contributed by atoms with Crippen LogP contribution in [-0.4, -0.2) is 50.6 Å². The molecule has 0 unspecified atom stereocenters. The first-order valence-electron chi connectivity index (χ1n) is 6.58. The first-order chi connectivity index (χ1) is 10.1. The van der Waals surface area contributed by atoms with Crippen molar-refractivity contribution in [3.8, 4) is 0 Å². The number of carboxylic acids is 1. The fourth-order valence-electron chi connectivity index (χ4n) is 1.49. The van der Waals surface area contributed by atoms with Crippen molar-refractivity contribution in [2.45, 2.75) is 6.42 Å². The Labute approximate surface area is 123 Å². The van der Waals surface area contributed by atoms with Crippen LogP contribution in [0.5, 0.6) is 0 Å². The zero-order valence-corrected chi connectivity index (χ0v) is 11.9. The number of anilines is 1. The molecule has 0 bridgehead atoms. The van der Waals surface area contributed by atoms with Gasteiger partial charge in [-0.2, -0.15) is 0 Å². The van der Waals surface area contributed by atoms with Crippen LogP contribution in [0.15, 0.2) is 24.3 Å². The van der Waals surface area contributed by atoms with Crippen molar-refractivity contribution in [1.82, 2.24) is 5.32 Å². The number of ether oxygens (including phenoxy) is 2. The fraction of sp³-hybridized carbons (Fsp3) is 0.429. The molecule has 1 rings (SSSR count). The number of aromatic carboxylic acids is 1. The lowest BCUT2D eigenvalue weighted by atomic mass is 10.2. The van der Waals surface area contributed by atoms with E-state index in [1.807, 2.05) is 0 Å². The number of methoxy groups -OCH3 is 1. The number of nitrogens with one attached hydrogen (secondary N) is 2. The molecule has 0 heterocycles. The van der Waals surface area contributed by atoms with Gasteiger partial charge in [0.15, 0.2) is 0 Å². The van der Waals surface area contributed by atoms with E-state index in [4.69, 9.17) is 14.6 Å². The van der Waals surface area contributed by atoms with Crippen LogP contribution < -0.4 is 10.6 Å². The van der Waals surface area contributed by atoms with Gasteiger partial charge in [0.05, 0.1) is 18.8 Å². The Kier molecular flexibility index (Phi) is 7.85. The first-order valence-corrected chi connectivity index (χ1v) is 6.58. The third-order valence-corrected chi connectivity index (χ3v) is 2.57. The van der Waals surface area contributed by atoms with Gasteiger partial charge in [0.2, 0.25) is 0 Å². The summed E-state index contributed by atoms with van der Waals surface area (Å²) >= 11 is 0. The van der Waals surface area contributed by atoms with Crippen LogP contribution in [0, 0.1) is 0 Å². The monoisotopic (exact) mass is 296 g/mol. The number of hydrogen-bond acceptors (Lipinski definition) is 4. The Morgan fingerprint density at radius 2 is 1.86 bits per heavy atom. The maximum atomic E-state index is 11.6. The maximum Gasteiger partial charge on any atom is 0.335 e. The SMILES string of the molecule is COCCOCCCNC(=O)Nc1ccc(C(=O)O)cc1. The van der Waals surface area contributed by atoms with Crippen molar-refractivity contribution in [1.29, 1.82) is 0 Å². The van der Waals surface area contributed by atoms with Crippen molar-refractivity contribution in [2.75, 3.05) is 38.8 Å². The second-order valence-electron chi connectivity index (χ2n) is 4.22. The molecule has 116 valence electrons. The summed E-state index contributed by atoms with van der Waals surface area (Å²) in [5.74, 6) is -1.00. The number of rotatable bonds is 9. The highest BCUT2D eigenvalue weighted by atomic mass is 16.5. The molecule has 0 saturated heterocycles. The highest BCUT2D eigenvalue weighted by Gasteiger charge is 2.04. The van der Waals surface area contributed by atoms with Gasteiger partial charge in [-0.25, -0.2) is 9.59 Å². The van der Waals surface area contributed by atoms with Gasteiger partial charge in [0.1, 0.15) is 0 Å². The number of carboxylic acid groups (broad SMARTS) is 1. The van der Waals surface area contributed by atoms with Gasteiger partial charge in [-0.1, -0.05) is 0 Å². The molecule has 0 aliphatic rings. The smallest absolute Gasteiger partial charge is 0.335 e. The van der Waals surface area contributed by atoms with Crippen molar-refractivity contribution in [3.63, 3.8) is 0 Å². The average molecular weight is 296 g/mol. The van der Waals surface area contributed by atoms with Crippen LogP contribution in [0.3, 0.4) is 0 Å². The summed E-state index contributed by atoms with van der Waals surface area (Å²) in [7, 11) is 1.61. The predicted molar refractivity (Wildman–Crippen MR) is 77.7 cm³/mol. The number of hydrogen-bond donors (Lipinski definition) is 3. The van der Waals surface area contributed by atoms with Crippen LogP contribution >= 0.6 is 0 Å². The fourth-order valence-corrected chi connectivity index (χ4v) is 1.49. The largest absolute Gasteiger partial charge is 0.478 e. The average Bonchev–Trinajstić information content (AvgIpc) is 2.47. The van der Waals surface area contributed by atoms with Gasteiger partial charge < -0.3 is 25.2 Å². The number of benzene rings is 1. The summed E-state index contributed by atoms with van der Waals surface area (Å²) in [6.07, 6.45) is 0.703. The minimum Gasteiger partial charge on any atom is -0.478 e. The molecule has 0 radical (unpaired) electrons. The summed E-state index contributed by atoms with van der Waals surface area (Å²) in [5, 5.41) is 14.1. The van der Waals surface area contributed by atoms with Gasteiger partial charge in [-0.3, -0.25) is 0 Å². The summed E-state index contributed by atoms with van der Waals surface area (Å²) < 4.78 is 10.1. The van der Waals surface area contributed by atoms with E-state index in [9.17, 15) is 9.59 Å². The molecule has 1 aromatic rings. The molecule has 0 saturated carbocycles. The van der Waals surface area contributed by atoms with E-state index in [1.165, 1.54) is 24.3 Å². The second-order valence-corrected chi connectivity index (χ2v) is 4.22. The predicted octanol–water partition coefficient (Wildman–Crippen LogP) is 1.56. The Hall–Kier alpha value is -2.12. The molecule has 2 amide bonds. The van der Waals surface area contributed by atoms with Crippen molar-refractivity contribution in [3.05, 3.63) is 29.8 Å². The van der Waals surface area contributed by atoms with Gasteiger partial charge in [0, 0.05) is 25.9 Å². The van der Waals surface area contributed by atoms with E-state index in [-0.39, 0.29) is 11.6 Å². The van der Waals surface area contributed by atoms with Gasteiger partial charge >= 0.3 is 12.0 Å². The number of carbonyl (C=O) groups excluding carboxylic acids is 1. The van der Waals surface area contributed by atoms with Crippen LogP contribution in [0.1, 0.15) is 16.8 Å². The molecule has 7 nitrogen and oxygen atoms in total. The zero-order valence-electron chi connectivity index (χ0n) is 11.9. The lowest BCUT2D eigenvalue weighted by Crippen LogP contribution is -2.30. The summed E-state index contributed by atoms with van der Waals surface area (Å²) in [4.78, 5) is 22.3. The van der Waals surface area contributed by atoms with E-state index >= 15 is 0 Å². The summed E-state index contributed by atoms with van der Waals surface area (Å²) in [6.45, 7) is 2.14. The number of amides is 2. The molecular formula is C14H20N2O5. The maximum absolute atomic E-state index is 11.6. The lowest BCUT2D eigenvalue weighted by Gasteiger charge is -2.08. The van der Waals surface area contributed by atoms with Gasteiger partial charge in [-0.05, 0) is 30.7 Å². The van der Waals surface area contributed by atoms with Crippen LogP contribution in [0.4, 0.5) is 10.5 Å². The molecule has 1 aromatic carbocycles. The molecular weight excluding hydrogens is 276 g/mol. The van der Waals surface area contributed by atoms with Gasteiger partial charge in [-0.15, -0.1) is 0 Å². The topological polar surface area (TPSA) is 96.9 Å². The normalized spacial score (nSPS) is 10.1. The molecule has 0 aliphatic heterocycles. The number of urea groups is 1. The van der Waals surface area contributed by atoms with Crippen LogP contribution in [0.25, 0.3) is 0 Å².